The Bertz CT molecular complexity index is 385. The molecule has 2 N–H and O–H groups in total. The van der Waals surface area contributed by atoms with Crippen LogP contribution in [0, 0.1) is 0 Å². The first-order valence-electron chi connectivity index (χ1n) is 5.34. The third-order valence-corrected chi connectivity index (χ3v) is 2.39. The molecule has 1 rings (SSSR count). The average Bonchev–Trinajstić information content (AvgIpc) is 2.23. The van der Waals surface area contributed by atoms with Gasteiger partial charge in [0, 0.05) is 0 Å². The number of phenols is 1. The van der Waals surface area contributed by atoms with Gasteiger partial charge in [-0.15, -0.1) is 0 Å². The molecule has 1 aromatic carbocycles. The predicted molar refractivity (Wildman–Crippen MR) is 60.1 cm³/mol. The molecule has 0 spiro atoms. The van der Waals surface area contributed by atoms with E-state index < -0.39 is 6.16 Å². The Morgan fingerprint density at radius 1 is 1.31 bits per heavy atom. The van der Waals surface area contributed by atoms with Crippen LogP contribution >= 0.6 is 0 Å². The van der Waals surface area contributed by atoms with Gasteiger partial charge in [0.15, 0.2) is 11.5 Å². The molecule has 0 aliphatic rings. The van der Waals surface area contributed by atoms with Gasteiger partial charge in [0.1, 0.15) is 0 Å². The second-order valence-corrected chi connectivity index (χ2v) is 3.53. The van der Waals surface area contributed by atoms with E-state index in [4.69, 9.17) is 5.11 Å². The Labute approximate surface area is 94.5 Å². The minimum absolute atomic E-state index is 0.0594. The van der Waals surface area contributed by atoms with E-state index in [2.05, 4.69) is 4.74 Å². The van der Waals surface area contributed by atoms with Crippen LogP contribution in [0.15, 0.2) is 12.1 Å². The molecule has 0 bridgehead atoms. The van der Waals surface area contributed by atoms with Crippen molar-refractivity contribution in [3.05, 3.63) is 23.3 Å². The molecule has 0 fully saturated rings. The number of aryl methyl sites for hydroxylation is 2. The smallest absolute Gasteiger partial charge is 0.504 e. The molecule has 4 nitrogen and oxygen atoms in total. The number of benzene rings is 1. The molecule has 0 amide bonds. The van der Waals surface area contributed by atoms with Crippen molar-refractivity contribution >= 4 is 6.16 Å². The summed E-state index contributed by atoms with van der Waals surface area (Å²) in [5, 5.41) is 18.5. The van der Waals surface area contributed by atoms with E-state index in [0.29, 0.717) is 18.4 Å². The first-order chi connectivity index (χ1) is 7.60. The highest BCUT2D eigenvalue weighted by Crippen LogP contribution is 2.35. The van der Waals surface area contributed by atoms with Gasteiger partial charge in [-0.25, -0.2) is 4.79 Å². The lowest BCUT2D eigenvalue weighted by atomic mass is 10.0. The molecule has 0 saturated heterocycles. The number of aromatic hydroxyl groups is 1. The maximum Gasteiger partial charge on any atom is 0.511 e. The summed E-state index contributed by atoms with van der Waals surface area (Å²) in [6.45, 7) is 3.87. The topological polar surface area (TPSA) is 66.8 Å². The van der Waals surface area contributed by atoms with Crippen molar-refractivity contribution in [2.45, 2.75) is 33.1 Å². The normalized spacial score (nSPS) is 10.1. The fourth-order valence-corrected chi connectivity index (χ4v) is 1.61. The van der Waals surface area contributed by atoms with Crippen LogP contribution in [-0.2, 0) is 12.8 Å². The largest absolute Gasteiger partial charge is 0.511 e. The van der Waals surface area contributed by atoms with Crippen LogP contribution < -0.4 is 4.74 Å². The van der Waals surface area contributed by atoms with Gasteiger partial charge in [-0.2, -0.15) is 0 Å². The fraction of sp³-hybridized carbons (Fsp3) is 0.417. The second-order valence-electron chi connectivity index (χ2n) is 3.53. The highest BCUT2D eigenvalue weighted by atomic mass is 16.7. The molecule has 0 radical (unpaired) electrons. The number of ether oxygens (including phenoxy) is 1. The van der Waals surface area contributed by atoms with E-state index in [1.54, 1.807) is 12.1 Å². The van der Waals surface area contributed by atoms with Crippen molar-refractivity contribution in [1.82, 2.24) is 0 Å². The molecule has 0 aliphatic carbocycles. The molecule has 0 atom stereocenters. The standard InChI is InChI=1S/C12H16O4/c1-3-5-9-7-6-8(4-2)10(13)11(9)16-12(14)15/h6-7,13H,3-5H2,1-2H3,(H,14,15). The molecule has 0 saturated carbocycles. The molecule has 0 aromatic heterocycles. The van der Waals surface area contributed by atoms with Crippen LogP contribution in [0.1, 0.15) is 31.4 Å². The lowest BCUT2D eigenvalue weighted by Gasteiger charge is -2.12. The van der Waals surface area contributed by atoms with Crippen molar-refractivity contribution in [2.24, 2.45) is 0 Å². The zero-order valence-electron chi connectivity index (χ0n) is 9.49. The summed E-state index contributed by atoms with van der Waals surface area (Å²) in [5.41, 5.74) is 1.41. The summed E-state index contributed by atoms with van der Waals surface area (Å²) in [5.74, 6) is 0.0181. The van der Waals surface area contributed by atoms with Gasteiger partial charge in [-0.3, -0.25) is 0 Å². The van der Waals surface area contributed by atoms with Crippen LogP contribution in [0.3, 0.4) is 0 Å². The van der Waals surface area contributed by atoms with Crippen molar-refractivity contribution in [2.75, 3.05) is 0 Å². The fourth-order valence-electron chi connectivity index (χ4n) is 1.61. The van der Waals surface area contributed by atoms with Crippen molar-refractivity contribution in [1.29, 1.82) is 0 Å². The monoisotopic (exact) mass is 224 g/mol. The zero-order chi connectivity index (χ0) is 12.1. The lowest BCUT2D eigenvalue weighted by Crippen LogP contribution is -2.06. The Hall–Kier alpha value is -1.71. The lowest BCUT2D eigenvalue weighted by molar-refractivity contribution is 0.142. The maximum atomic E-state index is 10.5. The molecule has 0 heterocycles. The van der Waals surface area contributed by atoms with Crippen molar-refractivity contribution < 1.29 is 19.7 Å². The zero-order valence-corrected chi connectivity index (χ0v) is 9.49. The number of hydrogen-bond donors (Lipinski definition) is 2. The Morgan fingerprint density at radius 2 is 1.94 bits per heavy atom. The van der Waals surface area contributed by atoms with Gasteiger partial charge in [0.25, 0.3) is 0 Å². The van der Waals surface area contributed by atoms with Crippen LogP contribution in [0.5, 0.6) is 11.5 Å². The summed E-state index contributed by atoms with van der Waals surface area (Å²) in [7, 11) is 0. The molecule has 16 heavy (non-hydrogen) atoms. The Kier molecular flexibility index (Phi) is 4.17. The van der Waals surface area contributed by atoms with E-state index in [0.717, 1.165) is 12.0 Å². The molecule has 88 valence electrons. The number of rotatable bonds is 4. The van der Waals surface area contributed by atoms with Crippen LogP contribution in [-0.4, -0.2) is 16.4 Å². The highest BCUT2D eigenvalue weighted by Gasteiger charge is 2.15. The van der Waals surface area contributed by atoms with Gasteiger partial charge in [-0.1, -0.05) is 32.4 Å². The SMILES string of the molecule is CCCc1ccc(CC)c(O)c1OC(=O)O. The molecular weight excluding hydrogens is 208 g/mol. The van der Waals surface area contributed by atoms with Crippen molar-refractivity contribution in [3.8, 4) is 11.5 Å². The van der Waals surface area contributed by atoms with Crippen LogP contribution in [0.2, 0.25) is 0 Å². The number of carbonyl (C=O) groups is 1. The quantitative estimate of drug-likeness (QED) is 0.609. The van der Waals surface area contributed by atoms with Crippen LogP contribution in [0.4, 0.5) is 4.79 Å². The first kappa shape index (κ1) is 12.4. The van der Waals surface area contributed by atoms with Gasteiger partial charge in [0.2, 0.25) is 0 Å². The minimum atomic E-state index is -1.40. The van der Waals surface area contributed by atoms with E-state index in [9.17, 15) is 9.90 Å². The molecule has 0 aliphatic heterocycles. The van der Waals surface area contributed by atoms with Gasteiger partial charge < -0.3 is 14.9 Å². The summed E-state index contributed by atoms with van der Waals surface area (Å²) >= 11 is 0. The average molecular weight is 224 g/mol. The molecule has 4 heteroatoms. The number of phenolic OH excluding ortho intramolecular Hbond substituents is 1. The van der Waals surface area contributed by atoms with E-state index in [-0.39, 0.29) is 11.5 Å². The maximum absolute atomic E-state index is 10.5. The van der Waals surface area contributed by atoms with Crippen molar-refractivity contribution in [3.63, 3.8) is 0 Å². The summed E-state index contributed by atoms with van der Waals surface area (Å²) in [6, 6.07) is 3.61. The predicted octanol–water partition coefficient (Wildman–Crippen LogP) is 2.96. The van der Waals surface area contributed by atoms with Gasteiger partial charge >= 0.3 is 6.16 Å². The molecule has 0 unspecified atom stereocenters. The Balaban J connectivity index is 3.18. The Morgan fingerprint density at radius 3 is 2.44 bits per heavy atom. The minimum Gasteiger partial charge on any atom is -0.504 e. The van der Waals surface area contributed by atoms with E-state index in [1.807, 2.05) is 13.8 Å². The second kappa shape index (κ2) is 5.39. The highest BCUT2D eigenvalue weighted by molar-refractivity contribution is 5.65. The third-order valence-electron chi connectivity index (χ3n) is 2.39. The van der Waals surface area contributed by atoms with E-state index >= 15 is 0 Å². The summed E-state index contributed by atoms with van der Waals surface area (Å²) in [4.78, 5) is 10.5. The first-order valence-corrected chi connectivity index (χ1v) is 5.34. The number of carboxylic acid groups (broad SMARTS) is 1. The van der Waals surface area contributed by atoms with Gasteiger partial charge in [0.05, 0.1) is 0 Å². The molecular formula is C12H16O4. The number of hydrogen-bond acceptors (Lipinski definition) is 3. The van der Waals surface area contributed by atoms with Crippen LogP contribution in [0.25, 0.3) is 0 Å². The summed E-state index contributed by atoms with van der Waals surface area (Å²) < 4.78 is 4.64. The molecule has 1 aromatic rings. The van der Waals surface area contributed by atoms with Gasteiger partial charge in [-0.05, 0) is 24.0 Å². The summed E-state index contributed by atoms with van der Waals surface area (Å²) in [6.07, 6.45) is 0.774. The third kappa shape index (κ3) is 2.66. The van der Waals surface area contributed by atoms with E-state index in [1.165, 1.54) is 0 Å².